The number of pyridine rings is 1. The van der Waals surface area contributed by atoms with E-state index in [9.17, 15) is 0 Å². The maximum atomic E-state index is 6.04. The molecule has 45 heavy (non-hydrogen) atoms. The first-order chi connectivity index (χ1) is 22.3. The first-order valence-corrected chi connectivity index (χ1v) is 15.0. The van der Waals surface area contributed by atoms with Crippen LogP contribution < -0.4 is 0 Å². The van der Waals surface area contributed by atoms with Gasteiger partial charge >= 0.3 is 0 Å². The standard InChI is InChI=1S/C39H23N5O/c1-2-10-24(11-3-1)38-41-42-39(45-38)25-18-20-26(21-19-25)43-31-16-8-6-14-29(31)36-33(43)22-23-34-35(36)27-12-4-5-13-28(27)37-40-30-15-7-9-17-32(30)44(34)37/h1-23H. The van der Waals surface area contributed by atoms with Crippen LogP contribution in [0.1, 0.15) is 0 Å². The van der Waals surface area contributed by atoms with Crippen LogP contribution in [0.15, 0.2) is 144 Å². The molecular weight excluding hydrogens is 554 g/mol. The summed E-state index contributed by atoms with van der Waals surface area (Å²) in [7, 11) is 0. The van der Waals surface area contributed by atoms with E-state index in [4.69, 9.17) is 9.40 Å². The Balaban J connectivity index is 1.23. The third kappa shape index (κ3) is 3.42. The average molecular weight is 578 g/mol. The lowest BCUT2D eigenvalue weighted by Gasteiger charge is -2.12. The summed E-state index contributed by atoms with van der Waals surface area (Å²) in [5.74, 6) is 1.01. The van der Waals surface area contributed by atoms with Gasteiger partial charge in [0.25, 0.3) is 0 Å². The van der Waals surface area contributed by atoms with Gasteiger partial charge in [-0.05, 0) is 72.1 Å². The maximum Gasteiger partial charge on any atom is 0.248 e. The number of imidazole rings is 1. The van der Waals surface area contributed by atoms with E-state index in [1.165, 1.54) is 21.5 Å². The van der Waals surface area contributed by atoms with Gasteiger partial charge in [0, 0.05) is 38.4 Å². The van der Waals surface area contributed by atoms with Gasteiger partial charge in [-0.15, -0.1) is 10.2 Å². The Bertz CT molecular complexity index is 2750. The molecule has 6 heteroatoms. The zero-order valence-electron chi connectivity index (χ0n) is 23.9. The first-order valence-electron chi connectivity index (χ1n) is 15.0. The van der Waals surface area contributed by atoms with E-state index >= 15 is 0 Å². The number of rotatable bonds is 3. The molecular formula is C39H23N5O. The summed E-state index contributed by atoms with van der Waals surface area (Å²) in [4.78, 5) is 5.08. The van der Waals surface area contributed by atoms with Crippen molar-refractivity contribution < 1.29 is 4.42 Å². The number of benzene rings is 6. The Labute approximate surface area is 256 Å². The lowest BCUT2D eigenvalue weighted by Crippen LogP contribution is -1.95. The van der Waals surface area contributed by atoms with Crippen LogP contribution in [0.3, 0.4) is 0 Å². The second-order valence-electron chi connectivity index (χ2n) is 11.3. The van der Waals surface area contributed by atoms with Crippen molar-refractivity contribution in [2.45, 2.75) is 0 Å². The smallest absolute Gasteiger partial charge is 0.248 e. The molecule has 0 aliphatic rings. The molecule has 10 rings (SSSR count). The van der Waals surface area contributed by atoms with Crippen molar-refractivity contribution in [3.8, 4) is 28.6 Å². The zero-order valence-corrected chi connectivity index (χ0v) is 23.9. The molecule has 0 bridgehead atoms. The van der Waals surface area contributed by atoms with Crippen molar-refractivity contribution in [1.29, 1.82) is 0 Å². The summed E-state index contributed by atoms with van der Waals surface area (Å²) in [5.41, 5.74) is 9.37. The Hall–Kier alpha value is -6.27. The monoisotopic (exact) mass is 577 g/mol. The van der Waals surface area contributed by atoms with Crippen LogP contribution in [0.5, 0.6) is 0 Å². The number of aromatic nitrogens is 5. The molecule has 0 fully saturated rings. The molecule has 10 aromatic rings. The highest BCUT2D eigenvalue weighted by Crippen LogP contribution is 2.41. The van der Waals surface area contributed by atoms with E-state index in [-0.39, 0.29) is 0 Å². The van der Waals surface area contributed by atoms with Gasteiger partial charge in [-0.3, -0.25) is 4.40 Å². The summed E-state index contributed by atoms with van der Waals surface area (Å²) in [5, 5.41) is 14.6. The lowest BCUT2D eigenvalue weighted by molar-refractivity contribution is 0.584. The van der Waals surface area contributed by atoms with Crippen LogP contribution in [0, 0.1) is 0 Å². The summed E-state index contributed by atoms with van der Waals surface area (Å²) in [6, 6.07) is 48.4. The van der Waals surface area contributed by atoms with Crippen LogP contribution in [0.4, 0.5) is 0 Å². The molecule has 0 unspecified atom stereocenters. The Morgan fingerprint density at radius 1 is 0.444 bits per heavy atom. The molecule has 4 heterocycles. The first kappa shape index (κ1) is 24.2. The van der Waals surface area contributed by atoms with Gasteiger partial charge < -0.3 is 8.98 Å². The molecule has 0 radical (unpaired) electrons. The van der Waals surface area contributed by atoms with Gasteiger partial charge in [0.1, 0.15) is 5.65 Å². The van der Waals surface area contributed by atoms with E-state index in [0.29, 0.717) is 11.8 Å². The van der Waals surface area contributed by atoms with Crippen LogP contribution in [0.25, 0.3) is 88.8 Å². The van der Waals surface area contributed by atoms with E-state index in [0.717, 1.165) is 55.4 Å². The fourth-order valence-corrected chi connectivity index (χ4v) is 6.92. The van der Waals surface area contributed by atoms with Gasteiger partial charge in [-0.25, -0.2) is 4.98 Å². The summed E-state index contributed by atoms with van der Waals surface area (Å²) in [6.45, 7) is 0. The number of fused-ring (bicyclic) bond motifs is 12. The van der Waals surface area contributed by atoms with Gasteiger partial charge in [-0.1, -0.05) is 72.8 Å². The van der Waals surface area contributed by atoms with E-state index in [1.807, 2.05) is 30.3 Å². The van der Waals surface area contributed by atoms with E-state index < -0.39 is 0 Å². The van der Waals surface area contributed by atoms with Crippen molar-refractivity contribution in [2.75, 3.05) is 0 Å². The van der Waals surface area contributed by atoms with Crippen molar-refractivity contribution in [3.05, 3.63) is 140 Å². The molecule has 0 aliphatic heterocycles. The van der Waals surface area contributed by atoms with Gasteiger partial charge in [0.05, 0.1) is 27.6 Å². The molecule has 0 aliphatic carbocycles. The average Bonchev–Trinajstić information content (AvgIpc) is 3.84. The predicted octanol–water partition coefficient (Wildman–Crippen LogP) is 9.61. The van der Waals surface area contributed by atoms with Crippen molar-refractivity contribution in [1.82, 2.24) is 24.1 Å². The Kier molecular flexibility index (Phi) is 4.90. The molecule has 0 atom stereocenters. The van der Waals surface area contributed by atoms with Crippen molar-refractivity contribution in [2.24, 2.45) is 0 Å². The number of para-hydroxylation sites is 3. The highest BCUT2D eigenvalue weighted by molar-refractivity contribution is 6.29. The van der Waals surface area contributed by atoms with Crippen molar-refractivity contribution in [3.63, 3.8) is 0 Å². The maximum absolute atomic E-state index is 6.04. The van der Waals surface area contributed by atoms with Gasteiger partial charge in [-0.2, -0.15) is 0 Å². The van der Waals surface area contributed by atoms with Crippen LogP contribution in [-0.4, -0.2) is 24.1 Å². The number of hydrogen-bond acceptors (Lipinski definition) is 4. The largest absolute Gasteiger partial charge is 0.416 e. The fourth-order valence-electron chi connectivity index (χ4n) is 6.92. The molecule has 0 spiro atoms. The van der Waals surface area contributed by atoms with Crippen LogP contribution in [-0.2, 0) is 0 Å². The minimum atomic E-state index is 0.497. The summed E-state index contributed by atoms with van der Waals surface area (Å²) in [6.07, 6.45) is 0. The molecule has 0 saturated heterocycles. The van der Waals surface area contributed by atoms with Crippen LogP contribution in [0.2, 0.25) is 0 Å². The quantitative estimate of drug-likeness (QED) is 0.196. The molecule has 4 aromatic heterocycles. The molecule has 0 amide bonds. The topological polar surface area (TPSA) is 61.2 Å². The number of hydrogen-bond donors (Lipinski definition) is 0. The van der Waals surface area contributed by atoms with E-state index in [2.05, 4.69) is 128 Å². The molecule has 6 nitrogen and oxygen atoms in total. The second kappa shape index (κ2) is 9.11. The normalized spacial score (nSPS) is 12.0. The zero-order chi connectivity index (χ0) is 29.5. The predicted molar refractivity (Wildman–Crippen MR) is 181 cm³/mol. The minimum absolute atomic E-state index is 0.497. The molecule has 0 N–H and O–H groups in total. The third-order valence-corrected chi connectivity index (χ3v) is 8.87. The molecule has 210 valence electrons. The summed E-state index contributed by atoms with van der Waals surface area (Å²) < 4.78 is 10.7. The van der Waals surface area contributed by atoms with Crippen LogP contribution >= 0.6 is 0 Å². The highest BCUT2D eigenvalue weighted by Gasteiger charge is 2.20. The number of nitrogens with zero attached hydrogens (tertiary/aromatic N) is 5. The second-order valence-corrected chi connectivity index (χ2v) is 11.3. The Morgan fingerprint density at radius 2 is 1.04 bits per heavy atom. The van der Waals surface area contributed by atoms with Gasteiger partial charge in [0.2, 0.25) is 11.8 Å². The Morgan fingerprint density at radius 3 is 1.84 bits per heavy atom. The van der Waals surface area contributed by atoms with E-state index in [1.54, 1.807) is 0 Å². The molecule has 6 aromatic carbocycles. The highest BCUT2D eigenvalue weighted by atomic mass is 16.4. The van der Waals surface area contributed by atoms with Gasteiger partial charge in [0.15, 0.2) is 0 Å². The minimum Gasteiger partial charge on any atom is -0.416 e. The molecule has 0 saturated carbocycles. The van der Waals surface area contributed by atoms with Crippen molar-refractivity contribution >= 4 is 60.2 Å². The fraction of sp³-hybridized carbons (Fsp3) is 0. The summed E-state index contributed by atoms with van der Waals surface area (Å²) >= 11 is 0. The lowest BCUT2D eigenvalue weighted by atomic mass is 10.0. The SMILES string of the molecule is c1ccc(-c2nnc(-c3ccc(-n4c5ccccc5c5c6c7ccccc7c7nc8ccccc8n7c6ccc54)cc3)o2)cc1. The third-order valence-electron chi connectivity index (χ3n) is 8.87.